The lowest BCUT2D eigenvalue weighted by atomic mass is 10.4. The molecule has 2 aliphatic rings. The molecule has 0 spiro atoms. The Morgan fingerprint density at radius 1 is 0.630 bits per heavy atom. The van der Waals surface area contributed by atoms with Crippen LogP contribution in [0.1, 0.15) is 13.8 Å². The molecular formula is C16H38N4O5Si2. The van der Waals surface area contributed by atoms with E-state index in [2.05, 4.69) is 34.3 Å². The zero-order valence-electron chi connectivity index (χ0n) is 17.7. The fraction of sp³-hybridized carbons (Fsp3) is 1.00. The van der Waals surface area contributed by atoms with Crippen molar-refractivity contribution in [2.75, 3.05) is 80.8 Å². The first-order chi connectivity index (χ1) is 13.0. The average molecular weight is 423 g/mol. The van der Waals surface area contributed by atoms with Gasteiger partial charge in [0.1, 0.15) is 0 Å². The molecule has 0 saturated carbocycles. The third kappa shape index (κ3) is 5.17. The van der Waals surface area contributed by atoms with Crippen molar-refractivity contribution in [2.45, 2.75) is 25.2 Å². The van der Waals surface area contributed by atoms with Crippen LogP contribution >= 0.6 is 0 Å². The topological polar surface area (TPSA) is 76.7 Å². The van der Waals surface area contributed by atoms with E-state index >= 15 is 0 Å². The van der Waals surface area contributed by atoms with Crippen LogP contribution in [0.2, 0.25) is 0 Å². The third-order valence-corrected chi connectivity index (χ3v) is 13.2. The minimum Gasteiger partial charge on any atom is -0.376 e. The van der Waals surface area contributed by atoms with Crippen LogP contribution in [-0.4, -0.2) is 120 Å². The molecule has 0 aliphatic carbocycles. The van der Waals surface area contributed by atoms with E-state index in [1.807, 2.05) is 0 Å². The first-order valence-electron chi connectivity index (χ1n) is 9.79. The second-order valence-electron chi connectivity index (χ2n) is 7.05. The van der Waals surface area contributed by atoms with Crippen molar-refractivity contribution in [3.63, 3.8) is 0 Å². The molecule has 2 heterocycles. The quantitative estimate of drug-likeness (QED) is 0.437. The number of hydrogen-bond acceptors (Lipinski definition) is 9. The van der Waals surface area contributed by atoms with Crippen LogP contribution < -0.4 is 10.6 Å². The highest BCUT2D eigenvalue weighted by Crippen LogP contribution is 2.28. The molecule has 2 saturated heterocycles. The van der Waals surface area contributed by atoms with Gasteiger partial charge in [0.05, 0.1) is 11.3 Å². The van der Waals surface area contributed by atoms with Crippen LogP contribution in [0, 0.1) is 0 Å². The first kappa shape index (κ1) is 23.4. The van der Waals surface area contributed by atoms with Crippen molar-refractivity contribution in [2.24, 2.45) is 0 Å². The van der Waals surface area contributed by atoms with Crippen molar-refractivity contribution in [3.8, 4) is 0 Å². The Hall–Kier alpha value is 0.0738. The number of rotatable bonds is 10. The second-order valence-corrected chi connectivity index (χ2v) is 13.6. The second kappa shape index (κ2) is 10.7. The summed E-state index contributed by atoms with van der Waals surface area (Å²) in [4.78, 5) is 4.74. The molecule has 160 valence electrons. The summed E-state index contributed by atoms with van der Waals surface area (Å²) < 4.78 is 30.6. The highest BCUT2D eigenvalue weighted by molar-refractivity contribution is 6.76. The van der Waals surface area contributed by atoms with E-state index in [-0.39, 0.29) is 11.3 Å². The van der Waals surface area contributed by atoms with Crippen LogP contribution in [0.3, 0.4) is 0 Å². The number of nitrogens with zero attached hydrogens (tertiary/aromatic N) is 2. The largest absolute Gasteiger partial charge is 0.510 e. The van der Waals surface area contributed by atoms with E-state index in [0.29, 0.717) is 0 Å². The molecule has 2 fully saturated rings. The molecule has 0 aromatic carbocycles. The highest BCUT2D eigenvalue weighted by atomic mass is 28.5. The van der Waals surface area contributed by atoms with Crippen molar-refractivity contribution in [3.05, 3.63) is 0 Å². The molecule has 2 N–H and O–H groups in total. The summed E-state index contributed by atoms with van der Waals surface area (Å²) in [7, 11) is 0.559. The Kier molecular flexibility index (Phi) is 9.29. The van der Waals surface area contributed by atoms with Crippen LogP contribution in [0.25, 0.3) is 0 Å². The molecule has 0 radical (unpaired) electrons. The van der Waals surface area contributed by atoms with Gasteiger partial charge in [-0.3, -0.25) is 9.80 Å². The zero-order valence-corrected chi connectivity index (χ0v) is 19.7. The summed E-state index contributed by atoms with van der Waals surface area (Å²) in [5.41, 5.74) is 0.0315. The smallest absolute Gasteiger partial charge is 0.376 e. The van der Waals surface area contributed by atoms with Gasteiger partial charge in [-0.1, -0.05) is 0 Å². The molecule has 11 heteroatoms. The molecule has 0 amide bonds. The molecule has 9 nitrogen and oxygen atoms in total. The molecule has 0 aromatic heterocycles. The molecule has 2 rings (SSSR count). The fourth-order valence-corrected chi connectivity index (χ4v) is 11.4. The van der Waals surface area contributed by atoms with Crippen LogP contribution in [0.4, 0.5) is 0 Å². The van der Waals surface area contributed by atoms with Gasteiger partial charge in [0.15, 0.2) is 0 Å². The molecular weight excluding hydrogens is 384 g/mol. The molecule has 0 aromatic rings. The first-order valence-corrected chi connectivity index (χ1v) is 13.4. The van der Waals surface area contributed by atoms with Gasteiger partial charge in [-0.25, -0.2) is 0 Å². The van der Waals surface area contributed by atoms with Gasteiger partial charge in [0.25, 0.3) is 0 Å². The Morgan fingerprint density at radius 2 is 0.926 bits per heavy atom. The van der Waals surface area contributed by atoms with Crippen molar-refractivity contribution in [1.82, 2.24) is 20.4 Å². The van der Waals surface area contributed by atoms with E-state index in [9.17, 15) is 0 Å². The number of piperazine rings is 2. The van der Waals surface area contributed by atoms with Crippen LogP contribution in [0.15, 0.2) is 0 Å². The normalized spacial score (nSPS) is 23.3. The summed E-state index contributed by atoms with van der Waals surface area (Å²) in [6.45, 7) is 11.8. The fourth-order valence-electron chi connectivity index (χ4n) is 3.97. The Balaban J connectivity index is 2.24. The summed E-state index contributed by atoms with van der Waals surface area (Å²) in [5.74, 6) is 0. The van der Waals surface area contributed by atoms with E-state index in [1.54, 1.807) is 28.4 Å². The van der Waals surface area contributed by atoms with Gasteiger partial charge in [0.2, 0.25) is 0 Å². The van der Waals surface area contributed by atoms with Gasteiger partial charge in [0, 0.05) is 80.8 Å². The third-order valence-electron chi connectivity index (χ3n) is 5.84. The Morgan fingerprint density at radius 3 is 1.19 bits per heavy atom. The average Bonchev–Trinajstić information content (AvgIpc) is 2.76. The maximum Gasteiger partial charge on any atom is 0.510 e. The minimum atomic E-state index is -3.07. The SMILES string of the molecule is CO[Si](OC)(O[Si](OC)(OC)C(C)N1CCNCC1)C(C)N1CCNCC1. The summed E-state index contributed by atoms with van der Waals surface area (Å²) >= 11 is 0. The minimum absolute atomic E-state index is 0.0157. The Labute approximate surface area is 166 Å². The van der Waals surface area contributed by atoms with E-state index in [4.69, 9.17) is 21.8 Å². The van der Waals surface area contributed by atoms with Gasteiger partial charge < -0.3 is 32.5 Å². The zero-order chi connectivity index (χ0) is 19.9. The van der Waals surface area contributed by atoms with Crippen LogP contribution in [-0.2, 0) is 21.8 Å². The maximum absolute atomic E-state index is 6.72. The monoisotopic (exact) mass is 422 g/mol. The molecule has 2 unspecified atom stereocenters. The summed E-state index contributed by atoms with van der Waals surface area (Å²) in [6, 6.07) is 0. The highest BCUT2D eigenvalue weighted by Gasteiger charge is 2.60. The maximum atomic E-state index is 6.72. The van der Waals surface area contributed by atoms with Gasteiger partial charge in [-0.2, -0.15) is 0 Å². The predicted molar refractivity (Wildman–Crippen MR) is 108 cm³/mol. The lowest BCUT2D eigenvalue weighted by Crippen LogP contribution is -2.72. The summed E-state index contributed by atoms with van der Waals surface area (Å²) in [5, 5.41) is 6.77. The lowest BCUT2D eigenvalue weighted by Gasteiger charge is -2.46. The van der Waals surface area contributed by atoms with Gasteiger partial charge in [-0.15, -0.1) is 0 Å². The van der Waals surface area contributed by atoms with Crippen molar-refractivity contribution < 1.29 is 21.8 Å². The molecule has 0 bridgehead atoms. The standard InChI is InChI=1S/C16H38N4O5Si2/c1-15(19-11-7-17-8-12-19)26(21-3,22-4)25-27(23-5,24-6)16(2)20-13-9-18-10-14-20/h15-18H,7-14H2,1-6H3. The van der Waals surface area contributed by atoms with Gasteiger partial charge >= 0.3 is 17.6 Å². The van der Waals surface area contributed by atoms with Crippen molar-refractivity contribution in [1.29, 1.82) is 0 Å². The van der Waals surface area contributed by atoms with E-state index < -0.39 is 17.6 Å². The van der Waals surface area contributed by atoms with Crippen molar-refractivity contribution >= 4 is 17.6 Å². The van der Waals surface area contributed by atoms with E-state index in [1.165, 1.54) is 0 Å². The number of nitrogens with one attached hydrogen (secondary N) is 2. The predicted octanol–water partition coefficient (Wildman–Crippen LogP) is -0.868. The van der Waals surface area contributed by atoms with Gasteiger partial charge in [-0.05, 0) is 13.8 Å². The molecule has 27 heavy (non-hydrogen) atoms. The molecule has 2 atom stereocenters. The Bertz CT molecular complexity index is 393. The van der Waals surface area contributed by atoms with Crippen LogP contribution in [0.5, 0.6) is 0 Å². The summed E-state index contributed by atoms with van der Waals surface area (Å²) in [6.07, 6.45) is 0. The van der Waals surface area contributed by atoms with E-state index in [0.717, 1.165) is 52.4 Å². The number of hydrogen-bond donors (Lipinski definition) is 2. The lowest BCUT2D eigenvalue weighted by molar-refractivity contribution is 0.0379. The molecule has 2 aliphatic heterocycles.